The molecule has 7 heteroatoms. The molecule has 2 N–H and O–H groups in total. The van der Waals surface area contributed by atoms with E-state index in [1.807, 2.05) is 43.9 Å². The van der Waals surface area contributed by atoms with Gasteiger partial charge in [0.2, 0.25) is 0 Å². The van der Waals surface area contributed by atoms with E-state index in [-0.39, 0.29) is 17.0 Å². The second-order valence-corrected chi connectivity index (χ2v) is 13.2. The smallest absolute Gasteiger partial charge is 0.162 e. The van der Waals surface area contributed by atoms with Crippen molar-refractivity contribution < 1.29 is 9.18 Å². The summed E-state index contributed by atoms with van der Waals surface area (Å²) in [6.07, 6.45) is 1.02. The van der Waals surface area contributed by atoms with E-state index < -0.39 is 5.92 Å². The van der Waals surface area contributed by atoms with E-state index in [2.05, 4.69) is 32.0 Å². The van der Waals surface area contributed by atoms with Crippen molar-refractivity contribution in [2.24, 2.45) is 11.1 Å². The first-order chi connectivity index (χ1) is 19.4. The van der Waals surface area contributed by atoms with Gasteiger partial charge in [0.25, 0.3) is 0 Å². The highest BCUT2D eigenvalue weighted by Crippen LogP contribution is 2.51. The molecule has 0 aromatic heterocycles. The van der Waals surface area contributed by atoms with Crippen LogP contribution in [-0.4, -0.2) is 5.78 Å². The van der Waals surface area contributed by atoms with Crippen LogP contribution < -0.4 is 10.6 Å². The van der Waals surface area contributed by atoms with Crippen LogP contribution in [0.5, 0.6) is 0 Å². The molecular weight excluding hydrogens is 553 g/mol. The molecular formula is C34H33ClFN3OS. The molecule has 3 aromatic rings. The lowest BCUT2D eigenvalue weighted by Gasteiger charge is -2.44. The minimum atomic E-state index is -0.566. The normalized spacial score (nSPS) is 18.4. The number of anilines is 1. The van der Waals surface area contributed by atoms with Gasteiger partial charge in [0.1, 0.15) is 11.6 Å². The van der Waals surface area contributed by atoms with E-state index in [4.69, 9.17) is 17.3 Å². The van der Waals surface area contributed by atoms with Crippen molar-refractivity contribution in [3.8, 4) is 6.07 Å². The number of nitriles is 1. The first-order valence-corrected chi connectivity index (χ1v) is 15.0. The Morgan fingerprint density at radius 3 is 2.49 bits per heavy atom. The van der Waals surface area contributed by atoms with Gasteiger partial charge in [-0.25, -0.2) is 4.39 Å². The number of nitrogens with zero attached hydrogens (tertiary/aromatic N) is 2. The molecule has 0 spiro atoms. The van der Waals surface area contributed by atoms with Crippen LogP contribution in [0.15, 0.2) is 82.2 Å². The van der Waals surface area contributed by atoms with E-state index in [9.17, 15) is 14.4 Å². The van der Waals surface area contributed by atoms with Gasteiger partial charge in [-0.2, -0.15) is 5.26 Å². The summed E-state index contributed by atoms with van der Waals surface area (Å²) in [5.74, 6) is 0.203. The van der Waals surface area contributed by atoms with Gasteiger partial charge >= 0.3 is 0 Å². The van der Waals surface area contributed by atoms with Gasteiger partial charge in [-0.1, -0.05) is 49.2 Å². The quantitative estimate of drug-likeness (QED) is 0.303. The van der Waals surface area contributed by atoms with E-state index in [1.54, 1.807) is 23.9 Å². The summed E-state index contributed by atoms with van der Waals surface area (Å²) in [5, 5.41) is 11.2. The standard InChI is InChI=1S/C34H33ClFN3OS/c1-19-13-22(18-41-24-11-9-23(36)10-12-24)20(2)25(14-19)31-26(17-37)33(38)39(28-8-6-7-27(35)21(28)3)29-15-34(4,5)16-30(40)32(29)31/h6-14,31H,15-16,18,38H2,1-5H3. The molecule has 1 aliphatic carbocycles. The zero-order chi connectivity index (χ0) is 29.6. The second-order valence-electron chi connectivity index (χ2n) is 11.7. The van der Waals surface area contributed by atoms with Gasteiger partial charge < -0.3 is 5.73 Å². The molecule has 1 atom stereocenters. The molecule has 1 heterocycles. The molecule has 0 amide bonds. The van der Waals surface area contributed by atoms with Gasteiger partial charge in [0.05, 0.1) is 23.2 Å². The molecule has 0 saturated carbocycles. The van der Waals surface area contributed by atoms with Crippen LogP contribution in [0.25, 0.3) is 0 Å². The first kappa shape index (κ1) is 29.0. The second kappa shape index (κ2) is 11.0. The molecule has 0 bridgehead atoms. The summed E-state index contributed by atoms with van der Waals surface area (Å²) in [4.78, 5) is 16.9. The number of carbonyl (C=O) groups excluding carboxylic acids is 1. The Balaban J connectivity index is 1.69. The Morgan fingerprint density at radius 2 is 1.80 bits per heavy atom. The highest BCUT2D eigenvalue weighted by Gasteiger charge is 2.45. The number of benzene rings is 3. The van der Waals surface area contributed by atoms with Crippen LogP contribution in [0.1, 0.15) is 60.4 Å². The lowest BCUT2D eigenvalue weighted by molar-refractivity contribution is -0.118. The number of ketones is 1. The van der Waals surface area contributed by atoms with Crippen molar-refractivity contribution in [3.05, 3.63) is 116 Å². The number of thioether (sulfide) groups is 1. The van der Waals surface area contributed by atoms with Crippen LogP contribution >= 0.6 is 23.4 Å². The monoisotopic (exact) mass is 585 g/mol. The number of Topliss-reactive ketones (excluding diaryl/α,β-unsaturated/α-hetero) is 1. The van der Waals surface area contributed by atoms with Crippen molar-refractivity contribution in [1.29, 1.82) is 5.26 Å². The lowest BCUT2D eigenvalue weighted by atomic mass is 9.68. The lowest BCUT2D eigenvalue weighted by Crippen LogP contribution is -2.42. The number of hydrogen-bond donors (Lipinski definition) is 1. The maximum Gasteiger partial charge on any atom is 0.162 e. The minimum Gasteiger partial charge on any atom is -0.384 e. The number of aryl methyl sites for hydroxylation is 1. The maximum absolute atomic E-state index is 14.0. The van der Waals surface area contributed by atoms with Gasteiger partial charge in [-0.3, -0.25) is 9.69 Å². The summed E-state index contributed by atoms with van der Waals surface area (Å²) in [6, 6.07) is 18.7. The number of rotatable bonds is 5. The molecule has 41 heavy (non-hydrogen) atoms. The largest absolute Gasteiger partial charge is 0.384 e. The van der Waals surface area contributed by atoms with E-state index >= 15 is 0 Å². The van der Waals surface area contributed by atoms with Crippen molar-refractivity contribution in [2.45, 2.75) is 64.0 Å². The van der Waals surface area contributed by atoms with Gasteiger partial charge in [-0.15, -0.1) is 11.8 Å². The van der Waals surface area contributed by atoms with Gasteiger partial charge in [0, 0.05) is 33.4 Å². The topological polar surface area (TPSA) is 70.1 Å². The van der Waals surface area contributed by atoms with Crippen molar-refractivity contribution in [1.82, 2.24) is 0 Å². The third kappa shape index (κ3) is 5.41. The first-order valence-electron chi connectivity index (χ1n) is 13.6. The van der Waals surface area contributed by atoms with Crippen LogP contribution in [0.4, 0.5) is 10.1 Å². The SMILES string of the molecule is Cc1cc(CSc2ccc(F)cc2)c(C)c(C2C(C#N)=C(N)N(c3cccc(Cl)c3C)C3=C2C(=O)CC(C)(C)C3)c1. The zero-order valence-electron chi connectivity index (χ0n) is 23.9. The van der Waals surface area contributed by atoms with Gasteiger partial charge in [-0.05, 0) is 91.3 Å². The summed E-state index contributed by atoms with van der Waals surface area (Å²) in [5.41, 5.74) is 14.1. The molecule has 0 saturated heterocycles. The number of hydrogen-bond acceptors (Lipinski definition) is 5. The predicted octanol–water partition coefficient (Wildman–Crippen LogP) is 8.64. The van der Waals surface area contributed by atoms with E-state index in [0.29, 0.717) is 40.6 Å². The Hall–Kier alpha value is -3.53. The highest BCUT2D eigenvalue weighted by atomic mass is 35.5. The average molecular weight is 586 g/mol. The summed E-state index contributed by atoms with van der Waals surface area (Å²) >= 11 is 8.14. The summed E-state index contributed by atoms with van der Waals surface area (Å²) in [6.45, 7) is 10.2. The number of nitrogens with two attached hydrogens (primary N) is 1. The van der Waals surface area contributed by atoms with Crippen molar-refractivity contribution in [3.63, 3.8) is 0 Å². The Kier molecular flexibility index (Phi) is 7.80. The molecule has 1 aliphatic heterocycles. The van der Waals surface area contributed by atoms with Gasteiger partial charge in [0.15, 0.2) is 5.78 Å². The summed E-state index contributed by atoms with van der Waals surface area (Å²) < 4.78 is 13.4. The van der Waals surface area contributed by atoms with Crippen molar-refractivity contribution in [2.75, 3.05) is 4.90 Å². The number of halogens is 2. The maximum atomic E-state index is 14.0. The Labute approximate surface area is 250 Å². The third-order valence-corrected chi connectivity index (χ3v) is 9.55. The fourth-order valence-corrected chi connectivity index (χ4v) is 7.16. The fourth-order valence-electron chi connectivity index (χ4n) is 6.04. The molecule has 0 fully saturated rings. The zero-order valence-corrected chi connectivity index (χ0v) is 25.5. The Morgan fingerprint density at radius 1 is 1.10 bits per heavy atom. The molecule has 4 nitrogen and oxygen atoms in total. The molecule has 0 radical (unpaired) electrons. The average Bonchev–Trinajstić information content (AvgIpc) is 2.90. The van der Waals surface area contributed by atoms with E-state index in [0.717, 1.165) is 44.1 Å². The number of allylic oxidation sites excluding steroid dienone is 3. The predicted molar refractivity (Wildman–Crippen MR) is 165 cm³/mol. The summed E-state index contributed by atoms with van der Waals surface area (Å²) in [7, 11) is 0. The molecule has 5 rings (SSSR count). The van der Waals surface area contributed by atoms with Crippen LogP contribution in [0.3, 0.4) is 0 Å². The fraction of sp³-hybridized carbons (Fsp3) is 0.294. The molecule has 210 valence electrons. The third-order valence-electron chi connectivity index (χ3n) is 8.08. The minimum absolute atomic E-state index is 0.0364. The number of carbonyl (C=O) groups is 1. The van der Waals surface area contributed by atoms with Crippen molar-refractivity contribution >= 4 is 34.8 Å². The van der Waals surface area contributed by atoms with E-state index in [1.165, 1.54) is 12.1 Å². The van der Waals surface area contributed by atoms with Crippen LogP contribution in [0, 0.1) is 43.3 Å². The molecule has 3 aromatic carbocycles. The highest BCUT2D eigenvalue weighted by molar-refractivity contribution is 7.98. The van der Waals surface area contributed by atoms with Crippen LogP contribution in [-0.2, 0) is 10.5 Å². The molecule has 2 aliphatic rings. The van der Waals surface area contributed by atoms with Crippen LogP contribution in [0.2, 0.25) is 5.02 Å². The molecule has 1 unspecified atom stereocenters. The Bertz CT molecular complexity index is 1670.